The van der Waals surface area contributed by atoms with Gasteiger partial charge in [-0.3, -0.25) is 9.59 Å². The standard InChI is InChI=1S/C26H26FN5O3.C20H16F2N4O.C6H11NO2/c27-20-9-11-32(12-10-20)23-8-4-17(13-19(23)15-28)25-30-24(31-35-25)16-1-5-21(6-2-16)29-22-7-3-18(14-22)26(33)34;21-16-4-1-13(2-5-16)19-24-20(27-25-19)14-3-6-18(15(11-14)12-23)26-9-7-17(22)8-10-26;7-5-2-1-4(3-5)6(8)9/h1-2,4-6,8,13,18,20,22,29H,3,7,9-12,14H2,(H,33,34);1-6,11,17H,7-10H2;4-5H,1-3,7H2,(H,8,9)/t18-,22+;;4?,5-/m0.1/s1. The lowest BCUT2D eigenvalue weighted by Crippen LogP contribution is -2.34. The minimum Gasteiger partial charge on any atom is -0.481 e. The summed E-state index contributed by atoms with van der Waals surface area (Å²) in [6, 6.07) is 28.9. The van der Waals surface area contributed by atoms with Crippen molar-refractivity contribution in [3.8, 4) is 57.8 Å². The number of benzene rings is 4. The van der Waals surface area contributed by atoms with Crippen LogP contribution in [0.5, 0.6) is 0 Å². The number of alkyl halides is 2. The molecule has 10 rings (SSSR count). The first-order chi connectivity index (χ1) is 34.3. The molecular formula is C52H53F3N10O6. The van der Waals surface area contributed by atoms with E-state index in [1.54, 1.807) is 30.3 Å². The van der Waals surface area contributed by atoms with Gasteiger partial charge in [-0.2, -0.15) is 20.5 Å². The smallest absolute Gasteiger partial charge is 0.306 e. The van der Waals surface area contributed by atoms with E-state index in [0.717, 1.165) is 41.9 Å². The van der Waals surface area contributed by atoms with Crippen LogP contribution in [0.2, 0.25) is 0 Å². The minimum atomic E-state index is -0.773. The van der Waals surface area contributed by atoms with Gasteiger partial charge in [-0.05, 0) is 149 Å². The molecule has 2 aliphatic heterocycles. The molecule has 0 radical (unpaired) electrons. The lowest BCUT2D eigenvalue weighted by molar-refractivity contribution is -0.142. The van der Waals surface area contributed by atoms with Gasteiger partial charge in [-0.1, -0.05) is 10.3 Å². The van der Waals surface area contributed by atoms with Crippen LogP contribution in [0, 0.1) is 40.3 Å². The second-order valence-corrected chi connectivity index (χ2v) is 18.2. The molecule has 2 aliphatic carbocycles. The number of carboxylic acid groups (broad SMARTS) is 2. The number of carboxylic acids is 2. The topological polar surface area (TPSA) is 245 Å². The van der Waals surface area contributed by atoms with Crippen molar-refractivity contribution >= 4 is 29.0 Å². The number of nitrogens with two attached hydrogens (primary N) is 1. The zero-order valence-corrected chi connectivity index (χ0v) is 38.8. The van der Waals surface area contributed by atoms with Crippen LogP contribution in [0.15, 0.2) is 94.0 Å². The highest BCUT2D eigenvalue weighted by Crippen LogP contribution is 2.33. The molecule has 2 saturated heterocycles. The van der Waals surface area contributed by atoms with E-state index in [9.17, 15) is 38.4 Å². The van der Waals surface area contributed by atoms with Crippen LogP contribution in [0.4, 0.5) is 30.2 Å². The van der Waals surface area contributed by atoms with E-state index in [1.807, 2.05) is 52.3 Å². The van der Waals surface area contributed by atoms with Gasteiger partial charge in [0, 0.05) is 66.2 Å². The number of hydrogen-bond donors (Lipinski definition) is 4. The van der Waals surface area contributed by atoms with Crippen LogP contribution < -0.4 is 20.9 Å². The van der Waals surface area contributed by atoms with E-state index in [0.29, 0.717) is 116 Å². The molecule has 4 atom stereocenters. The van der Waals surface area contributed by atoms with Gasteiger partial charge in [0.2, 0.25) is 11.6 Å². The van der Waals surface area contributed by atoms with E-state index in [2.05, 4.69) is 37.7 Å². The summed E-state index contributed by atoms with van der Waals surface area (Å²) in [6.07, 6.45) is 4.79. The van der Waals surface area contributed by atoms with Crippen molar-refractivity contribution in [2.24, 2.45) is 17.6 Å². The summed E-state index contributed by atoms with van der Waals surface area (Å²) >= 11 is 0. The Bertz CT molecular complexity index is 2870. The molecule has 0 amide bonds. The summed E-state index contributed by atoms with van der Waals surface area (Å²) in [5, 5.41) is 48.3. The Morgan fingerprint density at radius 3 is 1.46 bits per heavy atom. The molecule has 0 spiro atoms. The van der Waals surface area contributed by atoms with Crippen molar-refractivity contribution in [2.45, 2.75) is 88.6 Å². The number of nitriles is 2. The van der Waals surface area contributed by atoms with Gasteiger partial charge in [-0.25, -0.2) is 13.2 Å². The highest BCUT2D eigenvalue weighted by atomic mass is 19.1. The summed E-state index contributed by atoms with van der Waals surface area (Å²) in [5.41, 5.74) is 11.7. The number of rotatable bonds is 10. The maximum Gasteiger partial charge on any atom is 0.306 e. The van der Waals surface area contributed by atoms with Gasteiger partial charge in [-0.15, -0.1) is 0 Å². The van der Waals surface area contributed by atoms with Gasteiger partial charge in [0.25, 0.3) is 11.8 Å². The fourth-order valence-corrected chi connectivity index (χ4v) is 9.29. The highest BCUT2D eigenvalue weighted by molar-refractivity contribution is 5.72. The Morgan fingerprint density at radius 2 is 1.06 bits per heavy atom. The Kier molecular flexibility index (Phi) is 15.9. The van der Waals surface area contributed by atoms with Crippen molar-refractivity contribution in [3.63, 3.8) is 0 Å². The van der Waals surface area contributed by atoms with Crippen molar-refractivity contribution in [1.29, 1.82) is 10.5 Å². The first-order valence-electron chi connectivity index (χ1n) is 23.7. The Morgan fingerprint density at radius 1 is 0.620 bits per heavy atom. The molecule has 4 aliphatic rings. The van der Waals surface area contributed by atoms with Crippen LogP contribution in [0.1, 0.15) is 75.3 Å². The Hall–Kier alpha value is -7.77. The Balaban J connectivity index is 0.000000166. The van der Waals surface area contributed by atoms with E-state index in [1.165, 1.54) is 12.1 Å². The SMILES string of the molecule is N#Cc1cc(-c2nc(-c3ccc(F)cc3)no2)ccc1N1CCC(F)CC1.N#Cc1cc(-c2nc(-c3ccc(N[C@@H]4CC[C@H](C(=O)O)C4)cc3)no2)ccc1N1CCC(F)CC1.N[C@@H]1CCC(C(=O)O)C1. The highest BCUT2D eigenvalue weighted by Gasteiger charge is 2.30. The second-order valence-electron chi connectivity index (χ2n) is 18.2. The largest absolute Gasteiger partial charge is 0.481 e. The molecule has 19 heteroatoms. The van der Waals surface area contributed by atoms with E-state index < -0.39 is 24.3 Å². The maximum atomic E-state index is 13.5. The zero-order valence-electron chi connectivity index (χ0n) is 38.8. The quantitative estimate of drug-likeness (QED) is 0.0998. The normalized spacial score (nSPS) is 20.2. The van der Waals surface area contributed by atoms with E-state index in [-0.39, 0.29) is 35.6 Å². The lowest BCUT2D eigenvalue weighted by Gasteiger charge is -2.31. The van der Waals surface area contributed by atoms with Gasteiger partial charge in [0.1, 0.15) is 30.3 Å². The molecule has 71 heavy (non-hydrogen) atoms. The van der Waals surface area contributed by atoms with Gasteiger partial charge >= 0.3 is 11.9 Å². The Labute approximate surface area is 407 Å². The van der Waals surface area contributed by atoms with Crippen LogP contribution >= 0.6 is 0 Å². The zero-order chi connectivity index (χ0) is 50.0. The predicted molar refractivity (Wildman–Crippen MR) is 258 cm³/mol. The third kappa shape index (κ3) is 12.5. The monoisotopic (exact) mass is 970 g/mol. The number of hydrogen-bond acceptors (Lipinski definition) is 14. The number of aromatic nitrogens is 4. The summed E-state index contributed by atoms with van der Waals surface area (Å²) in [5.74, 6) is -0.823. The number of nitrogens with zero attached hydrogens (tertiary/aromatic N) is 8. The molecule has 4 aromatic carbocycles. The summed E-state index contributed by atoms with van der Waals surface area (Å²) in [7, 11) is 0. The number of halogens is 3. The van der Waals surface area contributed by atoms with Crippen LogP contribution in [-0.4, -0.2) is 93.0 Å². The first kappa shape index (κ1) is 49.6. The summed E-state index contributed by atoms with van der Waals surface area (Å²) < 4.78 is 50.7. The molecule has 5 N–H and O–H groups in total. The number of aliphatic carboxylic acids is 2. The molecule has 4 fully saturated rings. The maximum absolute atomic E-state index is 13.5. The molecule has 0 bridgehead atoms. The number of anilines is 3. The third-order valence-electron chi connectivity index (χ3n) is 13.3. The van der Waals surface area contributed by atoms with Crippen molar-refractivity contribution in [3.05, 3.63) is 102 Å². The van der Waals surface area contributed by atoms with Gasteiger partial charge in [0.05, 0.1) is 34.3 Å². The van der Waals surface area contributed by atoms with E-state index >= 15 is 0 Å². The fraction of sp³-hybridized carbons (Fsp3) is 0.385. The average molecular weight is 971 g/mol. The summed E-state index contributed by atoms with van der Waals surface area (Å²) in [6.45, 7) is 2.35. The van der Waals surface area contributed by atoms with E-state index in [4.69, 9.17) is 19.9 Å². The molecule has 2 aromatic heterocycles. The molecular weight excluding hydrogens is 918 g/mol. The van der Waals surface area contributed by atoms with Crippen molar-refractivity contribution < 1.29 is 42.0 Å². The molecule has 16 nitrogen and oxygen atoms in total. The predicted octanol–water partition coefficient (Wildman–Crippen LogP) is 9.43. The number of piperidine rings is 2. The van der Waals surface area contributed by atoms with Crippen LogP contribution in [-0.2, 0) is 9.59 Å². The van der Waals surface area contributed by atoms with Crippen LogP contribution in [0.3, 0.4) is 0 Å². The van der Waals surface area contributed by atoms with Crippen molar-refractivity contribution in [1.82, 2.24) is 20.3 Å². The lowest BCUT2D eigenvalue weighted by atomic mass is 10.0. The molecule has 1 unspecified atom stereocenters. The first-order valence-corrected chi connectivity index (χ1v) is 23.7. The average Bonchev–Trinajstić information content (AvgIpc) is 4.24. The number of carbonyl (C=O) groups is 2. The molecule has 4 heterocycles. The molecule has 6 aromatic rings. The molecule has 368 valence electrons. The second kappa shape index (κ2) is 22.8. The fourth-order valence-electron chi connectivity index (χ4n) is 9.29. The number of nitrogens with one attached hydrogen (secondary N) is 1. The van der Waals surface area contributed by atoms with Gasteiger partial charge < -0.3 is 40.1 Å². The van der Waals surface area contributed by atoms with Crippen molar-refractivity contribution in [2.75, 3.05) is 41.3 Å². The summed E-state index contributed by atoms with van der Waals surface area (Å²) in [4.78, 5) is 34.4. The van der Waals surface area contributed by atoms with Crippen LogP contribution in [0.25, 0.3) is 45.7 Å². The molecule has 2 saturated carbocycles. The third-order valence-corrected chi connectivity index (χ3v) is 13.3. The minimum absolute atomic E-state index is 0.131. The van der Waals surface area contributed by atoms with Gasteiger partial charge in [0.15, 0.2) is 0 Å².